The lowest BCUT2D eigenvalue weighted by Gasteiger charge is -2.61. The van der Waals surface area contributed by atoms with Crippen LogP contribution in [0.15, 0.2) is 48.9 Å². The van der Waals surface area contributed by atoms with Crippen LogP contribution in [0.3, 0.4) is 0 Å². The Hall–Kier alpha value is -2.92. The quantitative estimate of drug-likeness (QED) is 0.366. The molecule has 0 aliphatic carbocycles. The molecule has 1 spiro atoms. The smallest absolute Gasteiger partial charge is 0.211 e. The van der Waals surface area contributed by atoms with Crippen molar-refractivity contribution in [2.75, 3.05) is 30.8 Å². The molecule has 2 aliphatic rings. The zero-order chi connectivity index (χ0) is 25.9. The van der Waals surface area contributed by atoms with Gasteiger partial charge in [0.05, 0.1) is 27.4 Å². The molecule has 1 aromatic carbocycles. The van der Waals surface area contributed by atoms with Gasteiger partial charge in [-0.3, -0.25) is 10.1 Å². The fraction of sp³-hybridized carbons (Fsp3) is 0.320. The second-order valence-corrected chi connectivity index (χ2v) is 12.3. The number of benzene rings is 1. The number of aromatic nitrogens is 4. The predicted octanol–water partition coefficient (Wildman–Crippen LogP) is 4.69. The number of hydrogen-bond acceptors (Lipinski definition) is 7. The summed E-state index contributed by atoms with van der Waals surface area (Å²) in [5, 5.41) is 9.37. The standard InChI is InChI=1S/C25H24Cl2N6O3S/c1-15(23-19(26)11-28-12-20(23)27)36-17-4-5-21-18(9-17)24(31-30-21)16-3-6-22(29-10-16)32-13-25(14-32)7-8-33(25)37(2,34)35/h3-6,9-12,15H,7-8,13-14H2,1-2H3,(H,30,31)/t15-/m1/s1. The van der Waals surface area contributed by atoms with Crippen LogP contribution in [-0.2, 0) is 10.0 Å². The number of H-pyrrole nitrogens is 1. The van der Waals surface area contributed by atoms with Crippen molar-refractivity contribution in [3.05, 3.63) is 64.5 Å². The molecule has 1 atom stereocenters. The van der Waals surface area contributed by atoms with E-state index >= 15 is 0 Å². The minimum absolute atomic E-state index is 0.273. The Morgan fingerprint density at radius 3 is 2.49 bits per heavy atom. The van der Waals surface area contributed by atoms with E-state index < -0.39 is 10.0 Å². The van der Waals surface area contributed by atoms with Crippen molar-refractivity contribution in [1.29, 1.82) is 0 Å². The second kappa shape index (κ2) is 8.83. The maximum atomic E-state index is 12.0. The van der Waals surface area contributed by atoms with Crippen LogP contribution >= 0.6 is 23.2 Å². The van der Waals surface area contributed by atoms with Crippen molar-refractivity contribution in [3.63, 3.8) is 0 Å². The third-order valence-corrected chi connectivity index (χ3v) is 9.14. The SMILES string of the molecule is C[C@@H](Oc1ccc2[nH]nc(-c3ccc(N4CC5(CCN5S(C)(=O)=O)C4)nc3)c2c1)c1c(Cl)cncc1Cl. The van der Waals surface area contributed by atoms with Gasteiger partial charge < -0.3 is 9.64 Å². The summed E-state index contributed by atoms with van der Waals surface area (Å²) >= 11 is 12.6. The number of fused-ring (bicyclic) bond motifs is 1. The summed E-state index contributed by atoms with van der Waals surface area (Å²) in [7, 11) is -3.18. The molecule has 3 aromatic heterocycles. The second-order valence-electron chi connectivity index (χ2n) is 9.63. The number of halogens is 2. The van der Waals surface area contributed by atoms with Gasteiger partial charge in [-0.1, -0.05) is 23.2 Å². The molecule has 0 amide bonds. The van der Waals surface area contributed by atoms with Crippen LogP contribution in [0.2, 0.25) is 10.0 Å². The van der Waals surface area contributed by atoms with Crippen LogP contribution in [0.5, 0.6) is 5.75 Å². The van der Waals surface area contributed by atoms with Crippen LogP contribution in [0.25, 0.3) is 22.2 Å². The van der Waals surface area contributed by atoms with Gasteiger partial charge in [0.25, 0.3) is 0 Å². The molecule has 6 rings (SSSR count). The Labute approximate surface area is 224 Å². The first-order chi connectivity index (χ1) is 17.6. The van der Waals surface area contributed by atoms with Gasteiger partial charge in [-0.15, -0.1) is 0 Å². The number of nitrogens with zero attached hydrogens (tertiary/aromatic N) is 5. The molecule has 4 aromatic rings. The van der Waals surface area contributed by atoms with Gasteiger partial charge in [-0.2, -0.15) is 9.40 Å². The molecule has 192 valence electrons. The summed E-state index contributed by atoms with van der Waals surface area (Å²) in [5.41, 5.74) is 2.89. The van der Waals surface area contributed by atoms with E-state index in [1.54, 1.807) is 22.9 Å². The minimum atomic E-state index is -3.18. The summed E-state index contributed by atoms with van der Waals surface area (Å²) in [6.07, 6.45) is 6.66. The summed E-state index contributed by atoms with van der Waals surface area (Å²) in [5.74, 6) is 1.47. The Morgan fingerprint density at radius 2 is 1.86 bits per heavy atom. The first kappa shape index (κ1) is 24.4. The Morgan fingerprint density at radius 1 is 1.11 bits per heavy atom. The fourth-order valence-electron chi connectivity index (χ4n) is 5.25. The van der Waals surface area contributed by atoms with E-state index in [9.17, 15) is 8.42 Å². The average molecular weight is 559 g/mol. The van der Waals surface area contributed by atoms with Crippen LogP contribution in [0.4, 0.5) is 5.82 Å². The zero-order valence-corrected chi connectivity index (χ0v) is 22.5. The van der Waals surface area contributed by atoms with Crippen LogP contribution in [0.1, 0.15) is 25.0 Å². The summed E-state index contributed by atoms with van der Waals surface area (Å²) in [6.45, 7) is 3.79. The fourth-order valence-corrected chi connectivity index (χ4v) is 7.26. The lowest BCUT2D eigenvalue weighted by molar-refractivity contribution is 0.0421. The van der Waals surface area contributed by atoms with E-state index in [0.29, 0.717) is 41.0 Å². The Bertz CT molecular complexity index is 1580. The molecule has 2 saturated heterocycles. The van der Waals surface area contributed by atoms with E-state index in [2.05, 4.69) is 25.1 Å². The summed E-state index contributed by atoms with van der Waals surface area (Å²) < 4.78 is 31.8. The molecular formula is C25H24Cl2N6O3S. The van der Waals surface area contributed by atoms with Crippen LogP contribution in [-0.4, -0.2) is 64.3 Å². The monoisotopic (exact) mass is 558 g/mol. The Balaban J connectivity index is 1.20. The first-order valence-electron chi connectivity index (χ1n) is 11.8. The highest BCUT2D eigenvalue weighted by Crippen LogP contribution is 2.42. The Kier molecular flexibility index (Phi) is 5.83. The summed E-state index contributed by atoms with van der Waals surface area (Å²) in [4.78, 5) is 10.7. The van der Waals surface area contributed by atoms with Gasteiger partial charge in [0.1, 0.15) is 23.4 Å². The zero-order valence-electron chi connectivity index (χ0n) is 20.1. The lowest BCUT2D eigenvalue weighted by Crippen LogP contribution is -2.77. The van der Waals surface area contributed by atoms with Gasteiger partial charge in [0, 0.05) is 54.7 Å². The van der Waals surface area contributed by atoms with Crippen molar-refractivity contribution in [2.24, 2.45) is 0 Å². The third kappa shape index (κ3) is 4.21. The van der Waals surface area contributed by atoms with E-state index in [1.807, 2.05) is 37.3 Å². The van der Waals surface area contributed by atoms with Crippen molar-refractivity contribution in [3.8, 4) is 17.0 Å². The molecule has 12 heteroatoms. The first-order valence-corrected chi connectivity index (χ1v) is 14.4. The molecule has 2 aliphatic heterocycles. The van der Waals surface area contributed by atoms with Crippen molar-refractivity contribution < 1.29 is 13.2 Å². The molecule has 0 unspecified atom stereocenters. The third-order valence-electron chi connectivity index (χ3n) is 7.17. The normalized spacial score (nSPS) is 18.0. The van der Waals surface area contributed by atoms with Gasteiger partial charge in [-0.25, -0.2) is 13.4 Å². The topological polar surface area (TPSA) is 104 Å². The van der Waals surface area contributed by atoms with Gasteiger partial charge in [0.15, 0.2) is 0 Å². The summed E-state index contributed by atoms with van der Waals surface area (Å²) in [6, 6.07) is 9.63. The van der Waals surface area contributed by atoms with Gasteiger partial charge >= 0.3 is 0 Å². The number of nitrogens with one attached hydrogen (secondary N) is 1. The molecule has 0 radical (unpaired) electrons. The van der Waals surface area contributed by atoms with E-state index in [-0.39, 0.29) is 11.6 Å². The molecule has 2 fully saturated rings. The van der Waals surface area contributed by atoms with Crippen molar-refractivity contribution in [1.82, 2.24) is 24.5 Å². The number of pyridine rings is 2. The lowest BCUT2D eigenvalue weighted by atomic mass is 9.80. The van der Waals surface area contributed by atoms with Gasteiger partial charge in [-0.05, 0) is 43.7 Å². The predicted molar refractivity (Wildman–Crippen MR) is 144 cm³/mol. The largest absolute Gasteiger partial charge is 0.486 e. The van der Waals surface area contributed by atoms with Crippen molar-refractivity contribution in [2.45, 2.75) is 25.0 Å². The highest BCUT2D eigenvalue weighted by Gasteiger charge is 2.57. The van der Waals surface area contributed by atoms with E-state index in [4.69, 9.17) is 27.9 Å². The van der Waals surface area contributed by atoms with E-state index in [1.165, 1.54) is 6.26 Å². The van der Waals surface area contributed by atoms with Crippen LogP contribution < -0.4 is 9.64 Å². The molecule has 37 heavy (non-hydrogen) atoms. The maximum Gasteiger partial charge on any atom is 0.211 e. The highest BCUT2D eigenvalue weighted by molar-refractivity contribution is 7.88. The number of sulfonamides is 1. The molecular weight excluding hydrogens is 535 g/mol. The average Bonchev–Trinajstić information content (AvgIpc) is 3.20. The number of anilines is 1. The van der Waals surface area contributed by atoms with Crippen molar-refractivity contribution >= 4 is 49.9 Å². The minimum Gasteiger partial charge on any atom is -0.486 e. The molecule has 5 heterocycles. The van der Waals surface area contributed by atoms with Crippen LogP contribution in [0, 0.1) is 0 Å². The molecule has 9 nitrogen and oxygen atoms in total. The van der Waals surface area contributed by atoms with E-state index in [0.717, 1.165) is 34.4 Å². The molecule has 0 bridgehead atoms. The number of hydrogen-bond donors (Lipinski definition) is 1. The molecule has 0 saturated carbocycles. The highest BCUT2D eigenvalue weighted by atomic mass is 35.5. The number of aromatic amines is 1. The van der Waals surface area contributed by atoms with Gasteiger partial charge in [0.2, 0.25) is 10.0 Å². The number of ether oxygens (including phenoxy) is 1. The number of rotatable bonds is 6. The maximum absolute atomic E-state index is 12.0. The molecule has 1 N–H and O–H groups in total.